The maximum atomic E-state index is 9.87. The Balaban J connectivity index is 1.58. The number of hydrogen-bond acceptors (Lipinski definition) is 6. The fourth-order valence-electron chi connectivity index (χ4n) is 4.73. The van der Waals surface area contributed by atoms with E-state index in [1.807, 2.05) is 12.4 Å². The van der Waals surface area contributed by atoms with Crippen LogP contribution in [-0.2, 0) is 0 Å². The van der Waals surface area contributed by atoms with Crippen LogP contribution in [-0.4, -0.2) is 38.2 Å². The lowest BCUT2D eigenvalue weighted by molar-refractivity contribution is 0.126. The third-order valence-electron chi connectivity index (χ3n) is 6.62. The van der Waals surface area contributed by atoms with Crippen LogP contribution in [0.1, 0.15) is 83.6 Å². The molecule has 0 aliphatic heterocycles. The Morgan fingerprint density at radius 1 is 1.09 bits per heavy atom. The van der Waals surface area contributed by atoms with Gasteiger partial charge < -0.3 is 15.7 Å². The third kappa shape index (κ3) is 5.85. The summed E-state index contributed by atoms with van der Waals surface area (Å²) in [5, 5.41) is 16.9. The average Bonchev–Trinajstić information content (AvgIpc) is 2.82. The normalized spacial score (nSPS) is 22.2. The number of allylic oxidation sites excluding steroid dienone is 2. The molecule has 4 rings (SSSR count). The molecule has 2 aromatic heterocycles. The van der Waals surface area contributed by atoms with Crippen molar-refractivity contribution in [1.29, 1.82) is 0 Å². The minimum absolute atomic E-state index is 0.173. The summed E-state index contributed by atoms with van der Waals surface area (Å²) in [6, 6.07) is 4.89. The first-order valence-electron chi connectivity index (χ1n) is 12.4. The van der Waals surface area contributed by atoms with Crippen molar-refractivity contribution in [2.24, 2.45) is 0 Å². The standard InChI is InChI=1S/C26H37N5O/c1-3-7-18(2)29-26-28-17-23(25(31-26)30-21-11-13-22(32)14-12-21)24-15-10-20(16-27-24)19-8-5-4-6-9-19/h8,10,15-18,21-22,32H,3-7,9,11-14H2,1-2H3,(H2,28,29,30,31)/t18-,21?,22?/m0/s1. The lowest BCUT2D eigenvalue weighted by Crippen LogP contribution is -2.29. The van der Waals surface area contributed by atoms with Crippen LogP contribution in [0.4, 0.5) is 11.8 Å². The monoisotopic (exact) mass is 435 g/mol. The second-order valence-electron chi connectivity index (χ2n) is 9.35. The number of aliphatic hydroxyl groups is 1. The zero-order chi connectivity index (χ0) is 22.3. The average molecular weight is 436 g/mol. The summed E-state index contributed by atoms with van der Waals surface area (Å²) in [7, 11) is 0. The van der Waals surface area contributed by atoms with Crippen molar-refractivity contribution in [2.45, 2.75) is 96.2 Å². The van der Waals surface area contributed by atoms with Crippen LogP contribution in [0.5, 0.6) is 0 Å². The van der Waals surface area contributed by atoms with Gasteiger partial charge >= 0.3 is 0 Å². The molecule has 0 spiro atoms. The largest absolute Gasteiger partial charge is 0.393 e. The Labute approximate surface area is 192 Å². The van der Waals surface area contributed by atoms with Gasteiger partial charge in [0, 0.05) is 24.5 Å². The van der Waals surface area contributed by atoms with Gasteiger partial charge in [0.25, 0.3) is 0 Å². The molecule has 0 radical (unpaired) electrons. The zero-order valence-electron chi connectivity index (χ0n) is 19.5. The second-order valence-corrected chi connectivity index (χ2v) is 9.35. The molecule has 0 unspecified atom stereocenters. The summed E-state index contributed by atoms with van der Waals surface area (Å²) in [5.41, 5.74) is 4.44. The lowest BCUT2D eigenvalue weighted by Gasteiger charge is -2.27. The van der Waals surface area contributed by atoms with Gasteiger partial charge in [-0.25, -0.2) is 4.98 Å². The zero-order valence-corrected chi connectivity index (χ0v) is 19.5. The molecule has 1 saturated carbocycles. The second kappa shape index (κ2) is 10.9. The fraction of sp³-hybridized carbons (Fsp3) is 0.577. The Kier molecular flexibility index (Phi) is 7.74. The molecule has 3 N–H and O–H groups in total. The minimum Gasteiger partial charge on any atom is -0.393 e. The summed E-state index contributed by atoms with van der Waals surface area (Å²) in [6.45, 7) is 4.35. The number of aliphatic hydroxyl groups excluding tert-OH is 1. The van der Waals surface area contributed by atoms with Crippen molar-refractivity contribution in [1.82, 2.24) is 15.0 Å². The smallest absolute Gasteiger partial charge is 0.224 e. The van der Waals surface area contributed by atoms with Gasteiger partial charge in [0.15, 0.2) is 0 Å². The maximum absolute atomic E-state index is 9.87. The van der Waals surface area contributed by atoms with E-state index in [0.717, 1.165) is 62.0 Å². The van der Waals surface area contributed by atoms with Crippen LogP contribution in [0.3, 0.4) is 0 Å². The highest BCUT2D eigenvalue weighted by molar-refractivity contribution is 5.74. The first kappa shape index (κ1) is 22.7. The van der Waals surface area contributed by atoms with E-state index < -0.39 is 0 Å². The molecule has 0 saturated heterocycles. The molecule has 172 valence electrons. The van der Waals surface area contributed by atoms with Crippen molar-refractivity contribution in [3.05, 3.63) is 36.2 Å². The van der Waals surface area contributed by atoms with Crippen LogP contribution in [0.2, 0.25) is 0 Å². The predicted molar refractivity (Wildman–Crippen MR) is 132 cm³/mol. The molecule has 2 heterocycles. The van der Waals surface area contributed by atoms with E-state index in [9.17, 15) is 5.11 Å². The van der Waals surface area contributed by atoms with Crippen LogP contribution in [0.25, 0.3) is 16.8 Å². The summed E-state index contributed by atoms with van der Waals surface area (Å²) in [4.78, 5) is 14.2. The molecule has 0 aromatic carbocycles. The van der Waals surface area contributed by atoms with E-state index in [0.29, 0.717) is 18.0 Å². The molecule has 32 heavy (non-hydrogen) atoms. The van der Waals surface area contributed by atoms with E-state index in [-0.39, 0.29) is 6.10 Å². The van der Waals surface area contributed by atoms with Crippen molar-refractivity contribution < 1.29 is 5.11 Å². The molecule has 1 fully saturated rings. The number of rotatable bonds is 8. The first-order valence-corrected chi connectivity index (χ1v) is 12.4. The van der Waals surface area contributed by atoms with Crippen LogP contribution >= 0.6 is 0 Å². The highest BCUT2D eigenvalue weighted by atomic mass is 16.3. The summed E-state index contributed by atoms with van der Waals surface area (Å²) in [6.07, 6.45) is 16.7. The number of nitrogens with one attached hydrogen (secondary N) is 2. The van der Waals surface area contributed by atoms with Crippen molar-refractivity contribution >= 4 is 17.3 Å². The van der Waals surface area contributed by atoms with Crippen molar-refractivity contribution in [3.63, 3.8) is 0 Å². The van der Waals surface area contributed by atoms with Gasteiger partial charge in [-0.2, -0.15) is 4.98 Å². The molecule has 6 heteroatoms. The molecule has 2 aliphatic rings. The van der Waals surface area contributed by atoms with E-state index >= 15 is 0 Å². The fourth-order valence-corrected chi connectivity index (χ4v) is 4.73. The number of anilines is 2. The topological polar surface area (TPSA) is 83.0 Å². The molecule has 1 atom stereocenters. The number of pyridine rings is 1. The molecular formula is C26H37N5O. The minimum atomic E-state index is -0.173. The quantitative estimate of drug-likeness (QED) is 0.485. The van der Waals surface area contributed by atoms with E-state index in [4.69, 9.17) is 9.97 Å². The molecular weight excluding hydrogens is 398 g/mol. The van der Waals surface area contributed by atoms with Gasteiger partial charge in [0.05, 0.1) is 17.4 Å². The Bertz CT molecular complexity index is 903. The molecule has 0 bridgehead atoms. The third-order valence-corrected chi connectivity index (χ3v) is 6.62. The van der Waals surface area contributed by atoms with E-state index in [1.165, 1.54) is 30.4 Å². The molecule has 2 aromatic rings. The summed E-state index contributed by atoms with van der Waals surface area (Å²) in [5.74, 6) is 1.47. The van der Waals surface area contributed by atoms with Crippen LogP contribution in [0.15, 0.2) is 30.6 Å². The number of aromatic nitrogens is 3. The number of hydrogen-bond donors (Lipinski definition) is 3. The Hall–Kier alpha value is -2.47. The van der Waals surface area contributed by atoms with E-state index in [2.05, 4.69) is 47.7 Å². The van der Waals surface area contributed by atoms with Gasteiger partial charge in [-0.15, -0.1) is 0 Å². The van der Waals surface area contributed by atoms with Crippen molar-refractivity contribution in [3.8, 4) is 11.3 Å². The maximum Gasteiger partial charge on any atom is 0.224 e. The van der Waals surface area contributed by atoms with Gasteiger partial charge in [0.2, 0.25) is 5.95 Å². The highest BCUT2D eigenvalue weighted by Gasteiger charge is 2.22. The SMILES string of the molecule is CCC[C@H](C)Nc1ncc(-c2ccc(C3=CCCCC3)cn2)c(NC2CCC(O)CC2)n1. The molecule has 0 amide bonds. The van der Waals surface area contributed by atoms with Gasteiger partial charge in [-0.05, 0) is 81.9 Å². The summed E-state index contributed by atoms with van der Waals surface area (Å²) < 4.78 is 0. The van der Waals surface area contributed by atoms with E-state index in [1.54, 1.807) is 0 Å². The molecule has 2 aliphatic carbocycles. The Morgan fingerprint density at radius 2 is 1.94 bits per heavy atom. The highest BCUT2D eigenvalue weighted by Crippen LogP contribution is 2.31. The van der Waals surface area contributed by atoms with Crippen LogP contribution in [0, 0.1) is 0 Å². The van der Waals surface area contributed by atoms with Gasteiger partial charge in [-0.1, -0.05) is 25.5 Å². The lowest BCUT2D eigenvalue weighted by atomic mass is 9.93. The summed E-state index contributed by atoms with van der Waals surface area (Å²) >= 11 is 0. The Morgan fingerprint density at radius 3 is 2.62 bits per heavy atom. The van der Waals surface area contributed by atoms with Crippen molar-refractivity contribution in [2.75, 3.05) is 10.6 Å². The number of nitrogens with zero attached hydrogens (tertiary/aromatic N) is 3. The van der Waals surface area contributed by atoms with Gasteiger partial charge in [0.1, 0.15) is 5.82 Å². The van der Waals surface area contributed by atoms with Gasteiger partial charge in [-0.3, -0.25) is 4.98 Å². The predicted octanol–water partition coefficient (Wildman–Crippen LogP) is 5.81. The molecule has 6 nitrogen and oxygen atoms in total. The first-order chi connectivity index (χ1) is 15.6. The van der Waals surface area contributed by atoms with Crippen LogP contribution < -0.4 is 10.6 Å².